The third kappa shape index (κ3) is 3.31. The van der Waals surface area contributed by atoms with Crippen LogP contribution in [-0.4, -0.2) is 11.0 Å². The van der Waals surface area contributed by atoms with Gasteiger partial charge in [-0.2, -0.15) is 0 Å². The van der Waals surface area contributed by atoms with Gasteiger partial charge in [0, 0.05) is 11.6 Å². The number of aliphatic hydroxyl groups excluding tert-OH is 1. The predicted octanol–water partition coefficient (Wildman–Crippen LogP) is 1.94. The van der Waals surface area contributed by atoms with Gasteiger partial charge >= 0.3 is 0 Å². The SMILES string of the molecule is Cc1ccc(C(/C=C/C(N)=O)=C/O)cc1. The first-order valence-electron chi connectivity index (χ1n) is 4.52. The summed E-state index contributed by atoms with van der Waals surface area (Å²) >= 11 is 0. The first kappa shape index (κ1) is 11.0. The molecular weight excluding hydrogens is 190 g/mol. The molecule has 0 saturated carbocycles. The van der Waals surface area contributed by atoms with Gasteiger partial charge in [0.05, 0.1) is 6.26 Å². The van der Waals surface area contributed by atoms with E-state index in [1.165, 1.54) is 12.2 Å². The zero-order chi connectivity index (χ0) is 11.3. The van der Waals surface area contributed by atoms with Crippen molar-refractivity contribution in [3.63, 3.8) is 0 Å². The molecule has 1 amide bonds. The summed E-state index contributed by atoms with van der Waals surface area (Å²) in [6, 6.07) is 7.58. The Morgan fingerprint density at radius 3 is 2.33 bits per heavy atom. The van der Waals surface area contributed by atoms with Gasteiger partial charge in [0.25, 0.3) is 0 Å². The van der Waals surface area contributed by atoms with Crippen LogP contribution in [0.4, 0.5) is 0 Å². The second-order valence-corrected chi connectivity index (χ2v) is 3.19. The predicted molar refractivity (Wildman–Crippen MR) is 60.1 cm³/mol. The summed E-state index contributed by atoms with van der Waals surface area (Å²) in [7, 11) is 0. The number of benzene rings is 1. The minimum atomic E-state index is -0.540. The van der Waals surface area contributed by atoms with Crippen LogP contribution in [0.1, 0.15) is 11.1 Å². The number of hydrogen-bond acceptors (Lipinski definition) is 2. The minimum Gasteiger partial charge on any atom is -0.515 e. The van der Waals surface area contributed by atoms with E-state index in [4.69, 9.17) is 10.8 Å². The van der Waals surface area contributed by atoms with Crippen molar-refractivity contribution >= 4 is 11.5 Å². The summed E-state index contributed by atoms with van der Waals surface area (Å²) in [4.78, 5) is 10.5. The summed E-state index contributed by atoms with van der Waals surface area (Å²) in [5.74, 6) is -0.540. The van der Waals surface area contributed by atoms with E-state index in [-0.39, 0.29) is 0 Å². The molecule has 0 unspecified atom stereocenters. The van der Waals surface area contributed by atoms with Crippen LogP contribution in [0.15, 0.2) is 42.7 Å². The van der Waals surface area contributed by atoms with Gasteiger partial charge in [-0.1, -0.05) is 29.8 Å². The molecule has 78 valence electrons. The fraction of sp³-hybridized carbons (Fsp3) is 0.0833. The Balaban J connectivity index is 2.94. The number of aliphatic hydroxyl groups is 1. The van der Waals surface area contributed by atoms with Crippen molar-refractivity contribution < 1.29 is 9.90 Å². The quantitative estimate of drug-likeness (QED) is 0.448. The highest BCUT2D eigenvalue weighted by Gasteiger charge is 1.97. The second kappa shape index (κ2) is 5.00. The third-order valence-electron chi connectivity index (χ3n) is 1.95. The van der Waals surface area contributed by atoms with Gasteiger partial charge in [-0.15, -0.1) is 0 Å². The first-order chi connectivity index (χ1) is 7.13. The zero-order valence-electron chi connectivity index (χ0n) is 8.47. The number of amides is 1. The molecular formula is C12H13NO2. The average Bonchev–Trinajstić information content (AvgIpc) is 2.21. The molecule has 3 N–H and O–H groups in total. The topological polar surface area (TPSA) is 63.3 Å². The fourth-order valence-corrected chi connectivity index (χ4v) is 1.13. The van der Waals surface area contributed by atoms with Crippen LogP contribution in [0.5, 0.6) is 0 Å². The molecule has 0 aromatic heterocycles. The van der Waals surface area contributed by atoms with Crippen LogP contribution in [0, 0.1) is 6.92 Å². The molecule has 0 bridgehead atoms. The Morgan fingerprint density at radius 2 is 1.87 bits per heavy atom. The van der Waals surface area contributed by atoms with Crippen LogP contribution in [-0.2, 0) is 4.79 Å². The molecule has 0 atom stereocenters. The second-order valence-electron chi connectivity index (χ2n) is 3.19. The van der Waals surface area contributed by atoms with Gasteiger partial charge in [-0.25, -0.2) is 0 Å². The average molecular weight is 203 g/mol. The lowest BCUT2D eigenvalue weighted by atomic mass is 10.1. The van der Waals surface area contributed by atoms with Crippen molar-refractivity contribution in [3.8, 4) is 0 Å². The molecule has 3 nitrogen and oxygen atoms in total. The van der Waals surface area contributed by atoms with E-state index in [2.05, 4.69) is 0 Å². The largest absolute Gasteiger partial charge is 0.515 e. The molecule has 0 radical (unpaired) electrons. The lowest BCUT2D eigenvalue weighted by molar-refractivity contribution is -0.113. The van der Waals surface area contributed by atoms with Gasteiger partial charge in [-0.05, 0) is 18.6 Å². The summed E-state index contributed by atoms with van der Waals surface area (Å²) in [5, 5.41) is 9.00. The number of primary amides is 1. The van der Waals surface area contributed by atoms with Crippen molar-refractivity contribution in [1.29, 1.82) is 0 Å². The number of hydrogen-bond donors (Lipinski definition) is 2. The molecule has 0 saturated heterocycles. The highest BCUT2D eigenvalue weighted by molar-refractivity contribution is 5.89. The van der Waals surface area contributed by atoms with Crippen molar-refractivity contribution in [2.75, 3.05) is 0 Å². The van der Waals surface area contributed by atoms with E-state index in [1.54, 1.807) is 0 Å². The summed E-state index contributed by atoms with van der Waals surface area (Å²) < 4.78 is 0. The van der Waals surface area contributed by atoms with Gasteiger partial charge < -0.3 is 10.8 Å². The minimum absolute atomic E-state index is 0.540. The highest BCUT2D eigenvalue weighted by Crippen LogP contribution is 2.15. The van der Waals surface area contributed by atoms with Gasteiger partial charge in [-0.3, -0.25) is 4.79 Å². The Hall–Kier alpha value is -2.03. The lowest BCUT2D eigenvalue weighted by Gasteiger charge is -2.01. The van der Waals surface area contributed by atoms with E-state index >= 15 is 0 Å². The zero-order valence-corrected chi connectivity index (χ0v) is 8.47. The Bertz CT molecular complexity index is 402. The van der Waals surface area contributed by atoms with Crippen LogP contribution in [0.25, 0.3) is 5.57 Å². The fourth-order valence-electron chi connectivity index (χ4n) is 1.13. The monoisotopic (exact) mass is 203 g/mol. The van der Waals surface area contributed by atoms with Gasteiger partial charge in [0.2, 0.25) is 5.91 Å². The maximum atomic E-state index is 10.5. The molecule has 1 aromatic carbocycles. The van der Waals surface area contributed by atoms with E-state index < -0.39 is 5.91 Å². The standard InChI is InChI=1S/C12H13NO2/c1-9-2-4-10(5-3-9)11(8-14)6-7-12(13)15/h2-8,14H,1H3,(H2,13,15)/b7-6+,11-8+. The summed E-state index contributed by atoms with van der Waals surface area (Å²) in [6.45, 7) is 1.98. The first-order valence-corrected chi connectivity index (χ1v) is 4.52. The molecule has 0 spiro atoms. The Morgan fingerprint density at radius 1 is 1.27 bits per heavy atom. The molecule has 15 heavy (non-hydrogen) atoms. The van der Waals surface area contributed by atoms with E-state index in [0.29, 0.717) is 5.57 Å². The van der Waals surface area contributed by atoms with Crippen LogP contribution in [0.3, 0.4) is 0 Å². The molecule has 0 aliphatic carbocycles. The van der Waals surface area contributed by atoms with E-state index in [9.17, 15) is 4.79 Å². The lowest BCUT2D eigenvalue weighted by Crippen LogP contribution is -2.05. The Kier molecular flexibility index (Phi) is 3.68. The number of nitrogens with two attached hydrogens (primary N) is 1. The van der Waals surface area contributed by atoms with Crippen LogP contribution < -0.4 is 5.73 Å². The normalized spacial score (nSPS) is 11.9. The third-order valence-corrected chi connectivity index (χ3v) is 1.95. The molecule has 0 aliphatic rings. The van der Waals surface area contributed by atoms with E-state index in [0.717, 1.165) is 17.4 Å². The van der Waals surface area contributed by atoms with Gasteiger partial charge in [0.15, 0.2) is 0 Å². The highest BCUT2D eigenvalue weighted by atomic mass is 16.2. The molecule has 3 heteroatoms. The van der Waals surface area contributed by atoms with Crippen molar-refractivity contribution in [1.82, 2.24) is 0 Å². The molecule has 0 heterocycles. The molecule has 0 aliphatic heterocycles. The Labute approximate surface area is 88.5 Å². The number of rotatable bonds is 3. The summed E-state index contributed by atoms with van der Waals surface area (Å²) in [5.41, 5.74) is 7.48. The number of allylic oxidation sites excluding steroid dienone is 2. The van der Waals surface area contributed by atoms with Crippen molar-refractivity contribution in [3.05, 3.63) is 53.8 Å². The van der Waals surface area contributed by atoms with E-state index in [1.807, 2.05) is 31.2 Å². The number of aryl methyl sites for hydroxylation is 1. The van der Waals surface area contributed by atoms with Gasteiger partial charge in [0.1, 0.15) is 0 Å². The molecule has 1 rings (SSSR count). The smallest absolute Gasteiger partial charge is 0.241 e. The maximum Gasteiger partial charge on any atom is 0.241 e. The maximum absolute atomic E-state index is 10.5. The number of carbonyl (C=O) groups excluding carboxylic acids is 1. The van der Waals surface area contributed by atoms with Crippen LogP contribution >= 0.6 is 0 Å². The van der Waals surface area contributed by atoms with Crippen molar-refractivity contribution in [2.45, 2.75) is 6.92 Å². The molecule has 0 fully saturated rings. The van der Waals surface area contributed by atoms with Crippen LogP contribution in [0.2, 0.25) is 0 Å². The van der Waals surface area contributed by atoms with Crippen molar-refractivity contribution in [2.24, 2.45) is 5.73 Å². The number of carbonyl (C=O) groups is 1. The molecule has 1 aromatic rings. The summed E-state index contributed by atoms with van der Waals surface area (Å²) in [6.07, 6.45) is 3.64.